The standard InChI is InChI=1S/C14H17ClF2O3S/c1-8-3-4-10(7-9(8)2)20-11-5-6-12(21(15,18)19)14(17)13(11)16/h5-6,8-10H,3-4,7H2,1-2H3. The van der Waals surface area contributed by atoms with Crippen molar-refractivity contribution in [2.24, 2.45) is 11.8 Å². The van der Waals surface area contributed by atoms with Crippen LogP contribution in [0.4, 0.5) is 8.78 Å². The van der Waals surface area contributed by atoms with Gasteiger partial charge in [0.2, 0.25) is 5.82 Å². The van der Waals surface area contributed by atoms with Crippen LogP contribution in [-0.4, -0.2) is 14.5 Å². The predicted molar refractivity (Wildman–Crippen MR) is 76.0 cm³/mol. The minimum absolute atomic E-state index is 0.191. The second-order valence-electron chi connectivity index (χ2n) is 5.64. The molecule has 1 saturated carbocycles. The monoisotopic (exact) mass is 338 g/mol. The van der Waals surface area contributed by atoms with E-state index in [0.717, 1.165) is 31.4 Å². The van der Waals surface area contributed by atoms with Crippen LogP contribution < -0.4 is 4.74 Å². The summed E-state index contributed by atoms with van der Waals surface area (Å²) in [5.74, 6) is -2.07. The molecule has 2 rings (SSSR count). The van der Waals surface area contributed by atoms with E-state index in [4.69, 9.17) is 15.4 Å². The van der Waals surface area contributed by atoms with Crippen molar-refractivity contribution in [3.05, 3.63) is 23.8 Å². The van der Waals surface area contributed by atoms with Gasteiger partial charge in [0.25, 0.3) is 9.05 Å². The molecule has 21 heavy (non-hydrogen) atoms. The van der Waals surface area contributed by atoms with E-state index in [2.05, 4.69) is 13.8 Å². The van der Waals surface area contributed by atoms with Crippen LogP contribution >= 0.6 is 10.7 Å². The first-order chi connectivity index (χ1) is 9.70. The molecule has 1 aliphatic rings. The third-order valence-electron chi connectivity index (χ3n) is 4.12. The van der Waals surface area contributed by atoms with Crippen LogP contribution in [0.2, 0.25) is 0 Å². The molecule has 7 heteroatoms. The fourth-order valence-electron chi connectivity index (χ4n) is 2.58. The van der Waals surface area contributed by atoms with Crippen LogP contribution in [-0.2, 0) is 9.05 Å². The first-order valence-corrected chi connectivity index (χ1v) is 9.10. The Bertz CT molecular complexity index is 633. The third kappa shape index (κ3) is 3.66. The molecule has 1 aromatic rings. The highest BCUT2D eigenvalue weighted by Crippen LogP contribution is 2.34. The molecule has 118 valence electrons. The van der Waals surface area contributed by atoms with Crippen LogP contribution in [0.5, 0.6) is 5.75 Å². The molecule has 1 aromatic carbocycles. The molecule has 0 aromatic heterocycles. The Balaban J connectivity index is 2.21. The van der Waals surface area contributed by atoms with Crippen molar-refractivity contribution < 1.29 is 21.9 Å². The summed E-state index contributed by atoms with van der Waals surface area (Å²) in [5.41, 5.74) is 0. The summed E-state index contributed by atoms with van der Waals surface area (Å²) >= 11 is 0. The Labute approximate surface area is 127 Å². The largest absolute Gasteiger partial charge is 0.487 e. The van der Waals surface area contributed by atoms with Gasteiger partial charge in [-0.1, -0.05) is 13.8 Å². The van der Waals surface area contributed by atoms with Crippen molar-refractivity contribution in [2.75, 3.05) is 0 Å². The second-order valence-corrected chi connectivity index (χ2v) is 8.17. The molecule has 1 aliphatic carbocycles. The van der Waals surface area contributed by atoms with Gasteiger partial charge in [-0.25, -0.2) is 12.8 Å². The summed E-state index contributed by atoms with van der Waals surface area (Å²) in [6.45, 7) is 4.25. The number of rotatable bonds is 3. The Morgan fingerprint density at radius 1 is 1.14 bits per heavy atom. The summed E-state index contributed by atoms with van der Waals surface area (Å²) in [6, 6.07) is 2.03. The van der Waals surface area contributed by atoms with E-state index >= 15 is 0 Å². The van der Waals surface area contributed by atoms with Crippen molar-refractivity contribution >= 4 is 19.7 Å². The fourth-order valence-corrected chi connectivity index (χ4v) is 3.47. The maximum absolute atomic E-state index is 13.9. The van der Waals surface area contributed by atoms with Crippen molar-refractivity contribution in [1.82, 2.24) is 0 Å². The fraction of sp³-hybridized carbons (Fsp3) is 0.571. The Morgan fingerprint density at radius 3 is 2.38 bits per heavy atom. The summed E-state index contributed by atoms with van der Waals surface area (Å²) < 4.78 is 55.3. The van der Waals surface area contributed by atoms with Crippen LogP contribution in [0.25, 0.3) is 0 Å². The third-order valence-corrected chi connectivity index (χ3v) is 5.46. The smallest absolute Gasteiger partial charge is 0.264 e. The lowest BCUT2D eigenvalue weighted by Crippen LogP contribution is -2.29. The number of benzene rings is 1. The van der Waals surface area contributed by atoms with Gasteiger partial charge in [-0.05, 0) is 43.2 Å². The van der Waals surface area contributed by atoms with Gasteiger partial charge in [-0.2, -0.15) is 4.39 Å². The molecule has 3 nitrogen and oxygen atoms in total. The minimum atomic E-state index is -4.32. The minimum Gasteiger partial charge on any atom is -0.487 e. The van der Waals surface area contributed by atoms with E-state index in [-0.39, 0.29) is 11.9 Å². The van der Waals surface area contributed by atoms with E-state index in [0.29, 0.717) is 11.8 Å². The molecule has 0 N–H and O–H groups in total. The highest BCUT2D eigenvalue weighted by atomic mass is 35.7. The van der Waals surface area contributed by atoms with E-state index < -0.39 is 25.6 Å². The Kier molecular flexibility index (Phi) is 4.78. The molecule has 0 saturated heterocycles. The van der Waals surface area contributed by atoms with Gasteiger partial charge in [0.05, 0.1) is 6.10 Å². The molecule has 0 amide bonds. The zero-order valence-electron chi connectivity index (χ0n) is 11.8. The normalized spacial score (nSPS) is 26.6. The maximum Gasteiger partial charge on any atom is 0.264 e. The van der Waals surface area contributed by atoms with Gasteiger partial charge in [0.15, 0.2) is 11.6 Å². The van der Waals surface area contributed by atoms with E-state index in [9.17, 15) is 17.2 Å². The molecule has 3 atom stereocenters. The molecular formula is C14H17ClF2O3S. The topological polar surface area (TPSA) is 43.4 Å². The van der Waals surface area contributed by atoms with Crippen molar-refractivity contribution in [3.63, 3.8) is 0 Å². The highest BCUT2D eigenvalue weighted by molar-refractivity contribution is 8.13. The molecule has 0 bridgehead atoms. The zero-order valence-corrected chi connectivity index (χ0v) is 13.3. The van der Waals surface area contributed by atoms with Crippen molar-refractivity contribution in [1.29, 1.82) is 0 Å². The van der Waals surface area contributed by atoms with Crippen molar-refractivity contribution in [3.8, 4) is 5.75 Å². The van der Waals surface area contributed by atoms with Gasteiger partial charge in [0.1, 0.15) is 4.90 Å². The van der Waals surface area contributed by atoms with Crippen LogP contribution in [0.1, 0.15) is 33.1 Å². The summed E-state index contributed by atoms with van der Waals surface area (Å²) in [7, 11) is 0.720. The van der Waals surface area contributed by atoms with Crippen LogP contribution in [0.3, 0.4) is 0 Å². The first kappa shape index (κ1) is 16.5. The van der Waals surface area contributed by atoms with E-state index in [1.807, 2.05) is 0 Å². The lowest BCUT2D eigenvalue weighted by atomic mass is 9.80. The lowest BCUT2D eigenvalue weighted by Gasteiger charge is -2.32. The number of ether oxygens (including phenoxy) is 1. The van der Waals surface area contributed by atoms with Crippen molar-refractivity contribution in [2.45, 2.75) is 44.1 Å². The Hall–Kier alpha value is -0.880. The molecular weight excluding hydrogens is 322 g/mol. The Morgan fingerprint density at radius 2 is 1.81 bits per heavy atom. The van der Waals surface area contributed by atoms with Gasteiger partial charge in [0, 0.05) is 10.7 Å². The molecule has 3 unspecified atom stereocenters. The first-order valence-electron chi connectivity index (χ1n) is 6.79. The van der Waals surface area contributed by atoms with Crippen LogP contribution in [0, 0.1) is 23.5 Å². The summed E-state index contributed by atoms with van der Waals surface area (Å²) in [5, 5.41) is 0. The maximum atomic E-state index is 13.9. The van der Waals surface area contributed by atoms with Crippen LogP contribution in [0.15, 0.2) is 17.0 Å². The summed E-state index contributed by atoms with van der Waals surface area (Å²) in [6.07, 6.45) is 2.30. The van der Waals surface area contributed by atoms with Gasteiger partial charge >= 0.3 is 0 Å². The molecule has 0 heterocycles. The zero-order chi connectivity index (χ0) is 15.8. The molecule has 0 spiro atoms. The molecule has 0 aliphatic heterocycles. The summed E-state index contributed by atoms with van der Waals surface area (Å²) in [4.78, 5) is -0.875. The predicted octanol–water partition coefficient (Wildman–Crippen LogP) is 4.10. The molecule has 0 radical (unpaired) electrons. The van der Waals surface area contributed by atoms with E-state index in [1.165, 1.54) is 0 Å². The highest BCUT2D eigenvalue weighted by Gasteiger charge is 2.28. The molecule has 1 fully saturated rings. The average Bonchev–Trinajstić information content (AvgIpc) is 2.38. The van der Waals surface area contributed by atoms with Gasteiger partial charge < -0.3 is 4.74 Å². The number of hydrogen-bond acceptors (Lipinski definition) is 3. The number of hydrogen-bond donors (Lipinski definition) is 0. The SMILES string of the molecule is CC1CCC(Oc2ccc(S(=O)(=O)Cl)c(F)c2F)CC1C. The quantitative estimate of drug-likeness (QED) is 0.779. The average molecular weight is 339 g/mol. The number of halogens is 3. The van der Waals surface area contributed by atoms with E-state index in [1.54, 1.807) is 0 Å². The lowest BCUT2D eigenvalue weighted by molar-refractivity contribution is 0.0958. The van der Waals surface area contributed by atoms with Gasteiger partial charge in [-0.3, -0.25) is 0 Å². The second kappa shape index (κ2) is 6.08. The van der Waals surface area contributed by atoms with Gasteiger partial charge in [-0.15, -0.1) is 0 Å².